The molecule has 5 heteroatoms. The Morgan fingerprint density at radius 2 is 2.06 bits per heavy atom. The van der Waals surface area contributed by atoms with Crippen LogP contribution in [0.2, 0.25) is 0 Å². The summed E-state index contributed by atoms with van der Waals surface area (Å²) in [4.78, 5) is 11.0. The third kappa shape index (κ3) is 2.12. The molecular formula is C13H14N2O3. The summed E-state index contributed by atoms with van der Waals surface area (Å²) in [6.07, 6.45) is 2.38. The second kappa shape index (κ2) is 5.01. The van der Waals surface area contributed by atoms with Crippen LogP contribution in [-0.4, -0.2) is 26.0 Å². The Kier molecular flexibility index (Phi) is 3.43. The number of hydrogen-bond donors (Lipinski definition) is 2. The van der Waals surface area contributed by atoms with Crippen molar-refractivity contribution in [2.24, 2.45) is 0 Å². The molecule has 0 fully saturated rings. The van der Waals surface area contributed by atoms with Crippen LogP contribution in [0.5, 0.6) is 0 Å². The Bertz CT molecular complexity index is 575. The van der Waals surface area contributed by atoms with Crippen molar-refractivity contribution in [1.29, 1.82) is 0 Å². The van der Waals surface area contributed by atoms with Crippen molar-refractivity contribution in [2.75, 3.05) is 0 Å². The topological polar surface area (TPSA) is 75.4 Å². The second-order valence-electron chi connectivity index (χ2n) is 3.89. The number of rotatable bonds is 4. The molecule has 2 aromatic rings. The summed E-state index contributed by atoms with van der Waals surface area (Å²) in [5.41, 5.74) is 2.11. The summed E-state index contributed by atoms with van der Waals surface area (Å²) in [5, 5.41) is 22.2. The zero-order valence-electron chi connectivity index (χ0n) is 10.00. The van der Waals surface area contributed by atoms with Crippen molar-refractivity contribution in [3.63, 3.8) is 0 Å². The Morgan fingerprint density at radius 3 is 2.61 bits per heavy atom. The molecule has 2 N–H and O–H groups in total. The maximum absolute atomic E-state index is 11.0. The molecule has 0 aliphatic carbocycles. The predicted octanol–water partition coefficient (Wildman–Crippen LogP) is 1.63. The van der Waals surface area contributed by atoms with E-state index < -0.39 is 5.97 Å². The van der Waals surface area contributed by atoms with Gasteiger partial charge in [0, 0.05) is 11.8 Å². The van der Waals surface area contributed by atoms with Gasteiger partial charge in [0.15, 0.2) is 5.69 Å². The number of aliphatic hydroxyl groups excluding tert-OH is 1. The molecule has 18 heavy (non-hydrogen) atoms. The molecule has 0 atom stereocenters. The average Bonchev–Trinajstić information content (AvgIpc) is 2.82. The van der Waals surface area contributed by atoms with E-state index in [1.807, 2.05) is 31.2 Å². The number of aromatic nitrogens is 2. The molecular weight excluding hydrogens is 232 g/mol. The Morgan fingerprint density at radius 1 is 1.33 bits per heavy atom. The van der Waals surface area contributed by atoms with Crippen LogP contribution in [0.25, 0.3) is 5.69 Å². The molecule has 1 aromatic carbocycles. The number of nitrogens with zero attached hydrogens (tertiary/aromatic N) is 2. The number of carboxylic acid groups (broad SMARTS) is 1. The minimum absolute atomic E-state index is 0.108. The molecule has 0 saturated heterocycles. The maximum Gasteiger partial charge on any atom is 0.356 e. The van der Waals surface area contributed by atoms with E-state index in [4.69, 9.17) is 10.2 Å². The first-order chi connectivity index (χ1) is 8.67. The van der Waals surface area contributed by atoms with Gasteiger partial charge in [-0.3, -0.25) is 0 Å². The van der Waals surface area contributed by atoms with E-state index in [9.17, 15) is 4.79 Å². The molecule has 0 amide bonds. The molecule has 5 nitrogen and oxygen atoms in total. The van der Waals surface area contributed by atoms with Crippen LogP contribution in [0.3, 0.4) is 0 Å². The van der Waals surface area contributed by atoms with E-state index in [2.05, 4.69) is 5.10 Å². The highest BCUT2D eigenvalue weighted by atomic mass is 16.4. The minimum Gasteiger partial charge on any atom is -0.476 e. The van der Waals surface area contributed by atoms with Crippen LogP contribution >= 0.6 is 0 Å². The van der Waals surface area contributed by atoms with Gasteiger partial charge >= 0.3 is 5.97 Å². The molecule has 94 valence electrons. The van der Waals surface area contributed by atoms with Crippen molar-refractivity contribution in [1.82, 2.24) is 9.78 Å². The molecule has 0 unspecified atom stereocenters. The molecule has 0 saturated carbocycles. The van der Waals surface area contributed by atoms with E-state index in [0.29, 0.717) is 5.56 Å². The Hall–Kier alpha value is -2.14. The zero-order valence-corrected chi connectivity index (χ0v) is 10.00. The second-order valence-corrected chi connectivity index (χ2v) is 3.89. The van der Waals surface area contributed by atoms with Crippen molar-refractivity contribution in [3.05, 3.63) is 47.3 Å². The Labute approximate surface area is 104 Å². The molecule has 0 spiro atoms. The van der Waals surface area contributed by atoms with Crippen LogP contribution in [0.4, 0.5) is 0 Å². The van der Waals surface area contributed by atoms with Crippen LogP contribution in [0.15, 0.2) is 30.5 Å². The molecule has 0 aliphatic rings. The van der Waals surface area contributed by atoms with Gasteiger partial charge in [-0.05, 0) is 18.1 Å². The summed E-state index contributed by atoms with van der Waals surface area (Å²) in [6.45, 7) is 1.68. The predicted molar refractivity (Wildman–Crippen MR) is 65.8 cm³/mol. The van der Waals surface area contributed by atoms with Gasteiger partial charge < -0.3 is 10.2 Å². The smallest absolute Gasteiger partial charge is 0.356 e. The van der Waals surface area contributed by atoms with E-state index in [0.717, 1.165) is 17.7 Å². The van der Waals surface area contributed by atoms with Gasteiger partial charge in [0.25, 0.3) is 0 Å². The highest BCUT2D eigenvalue weighted by Crippen LogP contribution is 2.17. The molecule has 0 bridgehead atoms. The van der Waals surface area contributed by atoms with Gasteiger partial charge in [0.05, 0.1) is 12.3 Å². The van der Waals surface area contributed by atoms with Crippen molar-refractivity contribution in [3.8, 4) is 5.69 Å². The number of para-hydroxylation sites is 1. The lowest BCUT2D eigenvalue weighted by Crippen LogP contribution is -2.04. The first kappa shape index (κ1) is 12.3. The first-order valence-electron chi connectivity index (χ1n) is 5.68. The van der Waals surface area contributed by atoms with E-state index in [1.165, 1.54) is 4.68 Å². The quantitative estimate of drug-likeness (QED) is 0.859. The molecule has 1 aromatic heterocycles. The number of aliphatic hydroxyl groups is 1. The van der Waals surface area contributed by atoms with Crippen molar-refractivity contribution in [2.45, 2.75) is 20.0 Å². The van der Waals surface area contributed by atoms with Crippen molar-refractivity contribution >= 4 is 5.97 Å². The van der Waals surface area contributed by atoms with Crippen LogP contribution < -0.4 is 0 Å². The monoisotopic (exact) mass is 246 g/mol. The number of hydrogen-bond acceptors (Lipinski definition) is 3. The van der Waals surface area contributed by atoms with Gasteiger partial charge in [0.1, 0.15) is 0 Å². The largest absolute Gasteiger partial charge is 0.476 e. The fraction of sp³-hybridized carbons (Fsp3) is 0.231. The molecule has 1 heterocycles. The maximum atomic E-state index is 11.0. The van der Waals surface area contributed by atoms with E-state index in [-0.39, 0.29) is 12.3 Å². The normalized spacial score (nSPS) is 10.6. The first-order valence-corrected chi connectivity index (χ1v) is 5.68. The number of aryl methyl sites for hydroxylation is 1. The van der Waals surface area contributed by atoms with Crippen LogP contribution in [0.1, 0.15) is 28.5 Å². The zero-order chi connectivity index (χ0) is 13.1. The number of aromatic carboxylic acids is 1. The van der Waals surface area contributed by atoms with Gasteiger partial charge in [-0.15, -0.1) is 0 Å². The highest BCUT2D eigenvalue weighted by Gasteiger charge is 2.16. The summed E-state index contributed by atoms with van der Waals surface area (Å²) < 4.78 is 1.51. The van der Waals surface area contributed by atoms with E-state index >= 15 is 0 Å². The lowest BCUT2D eigenvalue weighted by molar-refractivity contribution is 0.0686. The summed E-state index contributed by atoms with van der Waals surface area (Å²) >= 11 is 0. The fourth-order valence-electron chi connectivity index (χ4n) is 1.86. The number of benzene rings is 1. The van der Waals surface area contributed by atoms with Gasteiger partial charge in [-0.25, -0.2) is 9.48 Å². The molecule has 2 rings (SSSR count). The average molecular weight is 246 g/mol. The standard InChI is InChI=1S/C13H14N2O3/c1-2-9-5-3-4-6-11(9)15-7-10(8-16)12(14-15)13(17)18/h3-7,16H,2,8H2,1H3,(H,17,18). The van der Waals surface area contributed by atoms with Gasteiger partial charge in [-0.2, -0.15) is 5.10 Å². The Balaban J connectivity index is 2.54. The summed E-state index contributed by atoms with van der Waals surface area (Å²) in [5.74, 6) is -1.13. The minimum atomic E-state index is -1.13. The summed E-state index contributed by atoms with van der Waals surface area (Å²) in [6, 6.07) is 7.64. The lowest BCUT2D eigenvalue weighted by atomic mass is 10.1. The third-order valence-electron chi connectivity index (χ3n) is 2.78. The summed E-state index contributed by atoms with van der Waals surface area (Å²) in [7, 11) is 0. The van der Waals surface area contributed by atoms with Crippen LogP contribution in [-0.2, 0) is 13.0 Å². The van der Waals surface area contributed by atoms with Gasteiger partial charge in [0.2, 0.25) is 0 Å². The fourth-order valence-corrected chi connectivity index (χ4v) is 1.86. The third-order valence-corrected chi connectivity index (χ3v) is 2.78. The molecule has 0 aliphatic heterocycles. The lowest BCUT2D eigenvalue weighted by Gasteiger charge is -2.06. The SMILES string of the molecule is CCc1ccccc1-n1cc(CO)c(C(=O)O)n1. The van der Waals surface area contributed by atoms with Crippen molar-refractivity contribution < 1.29 is 15.0 Å². The van der Waals surface area contributed by atoms with Crippen LogP contribution in [0, 0.1) is 0 Å². The van der Waals surface area contributed by atoms with E-state index in [1.54, 1.807) is 6.20 Å². The highest BCUT2D eigenvalue weighted by molar-refractivity contribution is 5.87. The number of carboxylic acids is 1. The number of carbonyl (C=O) groups is 1. The van der Waals surface area contributed by atoms with Gasteiger partial charge in [-0.1, -0.05) is 25.1 Å². The molecule has 0 radical (unpaired) electrons.